The number of benzene rings is 1. The third-order valence-corrected chi connectivity index (χ3v) is 8.45. The molecule has 0 spiro atoms. The van der Waals surface area contributed by atoms with Gasteiger partial charge < -0.3 is 9.80 Å². The van der Waals surface area contributed by atoms with Crippen LogP contribution in [-0.2, 0) is 10.0 Å². The molecule has 4 rings (SSSR count). The van der Waals surface area contributed by atoms with Gasteiger partial charge in [0.05, 0.1) is 32.7 Å². The predicted molar refractivity (Wildman–Crippen MR) is 136 cm³/mol. The van der Waals surface area contributed by atoms with Crippen LogP contribution in [0.1, 0.15) is 13.3 Å². The van der Waals surface area contributed by atoms with Gasteiger partial charge in [0.2, 0.25) is 15.3 Å². The van der Waals surface area contributed by atoms with Gasteiger partial charge in [-0.05, 0) is 37.2 Å². The minimum atomic E-state index is -3.49. The second-order valence-electron chi connectivity index (χ2n) is 7.76. The summed E-state index contributed by atoms with van der Waals surface area (Å²) < 4.78 is 27.3. The molecular weight excluding hydrogens is 503 g/mol. The Hall–Kier alpha value is -1.98. The van der Waals surface area contributed by atoms with Crippen molar-refractivity contribution in [1.82, 2.24) is 19.9 Å². The highest BCUT2D eigenvalue weighted by Gasteiger charge is 2.24. The minimum Gasteiger partial charge on any atom is -0.345 e. The maximum absolute atomic E-state index is 12.3. The van der Waals surface area contributed by atoms with E-state index >= 15 is 0 Å². The highest BCUT2D eigenvalue weighted by molar-refractivity contribution is 7.92. The average molecular weight is 528 g/mol. The molecule has 1 N–H and O–H groups in total. The van der Waals surface area contributed by atoms with Crippen molar-refractivity contribution in [3.05, 3.63) is 40.8 Å². The van der Waals surface area contributed by atoms with Crippen molar-refractivity contribution in [3.63, 3.8) is 0 Å². The molecule has 2 aromatic heterocycles. The summed E-state index contributed by atoms with van der Waals surface area (Å²) in [7, 11) is -1.39. The topological polar surface area (TPSA) is 91.3 Å². The SMILES string of the molecule is CCCS(=O)(=O)Nc1cccc(-c2nc(N3CCN(C)CC3)sc2-c2ccnc(Cl)n2)c1Cl. The fraction of sp³-hybridized carbons (Fsp3) is 0.381. The van der Waals surface area contributed by atoms with Crippen molar-refractivity contribution in [3.8, 4) is 21.8 Å². The van der Waals surface area contributed by atoms with Crippen LogP contribution in [0.25, 0.3) is 21.8 Å². The van der Waals surface area contributed by atoms with Crippen LogP contribution in [0.15, 0.2) is 30.5 Å². The predicted octanol–water partition coefficient (Wildman–Crippen LogP) is 4.48. The number of anilines is 2. The number of hydrogen-bond acceptors (Lipinski definition) is 8. The maximum atomic E-state index is 12.3. The van der Waals surface area contributed by atoms with Gasteiger partial charge in [-0.2, -0.15) is 0 Å². The van der Waals surface area contributed by atoms with Crippen molar-refractivity contribution in [2.75, 3.05) is 48.6 Å². The molecule has 0 unspecified atom stereocenters. The number of piperazine rings is 1. The molecule has 176 valence electrons. The largest absolute Gasteiger partial charge is 0.345 e. The zero-order valence-electron chi connectivity index (χ0n) is 18.3. The van der Waals surface area contributed by atoms with Crippen molar-refractivity contribution in [2.24, 2.45) is 0 Å². The van der Waals surface area contributed by atoms with Crippen LogP contribution in [0, 0.1) is 0 Å². The third-order valence-electron chi connectivity index (χ3n) is 5.24. The summed E-state index contributed by atoms with van der Waals surface area (Å²) in [6.07, 6.45) is 2.10. The average Bonchev–Trinajstić information content (AvgIpc) is 3.21. The number of nitrogens with zero attached hydrogens (tertiary/aromatic N) is 5. The molecule has 8 nitrogen and oxygen atoms in total. The van der Waals surface area contributed by atoms with Gasteiger partial charge in [-0.25, -0.2) is 23.4 Å². The van der Waals surface area contributed by atoms with E-state index in [9.17, 15) is 8.42 Å². The molecule has 1 fully saturated rings. The van der Waals surface area contributed by atoms with E-state index in [0.717, 1.165) is 36.2 Å². The first-order valence-electron chi connectivity index (χ1n) is 10.5. The number of rotatable bonds is 7. The lowest BCUT2D eigenvalue weighted by Gasteiger charge is -2.32. The van der Waals surface area contributed by atoms with E-state index in [0.29, 0.717) is 29.1 Å². The van der Waals surface area contributed by atoms with Gasteiger partial charge >= 0.3 is 0 Å². The molecule has 0 amide bonds. The number of hydrogen-bond donors (Lipinski definition) is 1. The molecule has 0 bridgehead atoms. The zero-order valence-corrected chi connectivity index (χ0v) is 21.4. The Morgan fingerprint density at radius 2 is 1.88 bits per heavy atom. The van der Waals surface area contributed by atoms with E-state index in [2.05, 4.69) is 31.5 Å². The lowest BCUT2D eigenvalue weighted by Crippen LogP contribution is -2.44. The van der Waals surface area contributed by atoms with Crippen LogP contribution in [0.4, 0.5) is 10.8 Å². The minimum absolute atomic E-state index is 0.0164. The molecule has 12 heteroatoms. The highest BCUT2D eigenvalue weighted by atomic mass is 35.5. The summed E-state index contributed by atoms with van der Waals surface area (Å²) in [6, 6.07) is 7.01. The van der Waals surface area contributed by atoms with Gasteiger partial charge in [0.1, 0.15) is 0 Å². The van der Waals surface area contributed by atoms with Crippen molar-refractivity contribution < 1.29 is 8.42 Å². The number of aromatic nitrogens is 3. The number of thiazole rings is 1. The van der Waals surface area contributed by atoms with Crippen LogP contribution in [0.5, 0.6) is 0 Å². The number of nitrogens with one attached hydrogen (secondary N) is 1. The summed E-state index contributed by atoms with van der Waals surface area (Å²) in [4.78, 5) is 18.6. The molecule has 0 radical (unpaired) electrons. The van der Waals surface area contributed by atoms with E-state index in [4.69, 9.17) is 28.2 Å². The summed E-state index contributed by atoms with van der Waals surface area (Å²) in [5.74, 6) is 0.0164. The Balaban J connectivity index is 1.80. The van der Waals surface area contributed by atoms with E-state index in [1.54, 1.807) is 24.4 Å². The second-order valence-corrected chi connectivity index (χ2v) is 11.3. The molecule has 1 saturated heterocycles. The van der Waals surface area contributed by atoms with E-state index in [1.165, 1.54) is 11.3 Å². The third kappa shape index (κ3) is 5.58. The molecule has 1 aromatic carbocycles. The summed E-state index contributed by atoms with van der Waals surface area (Å²) in [5, 5.41) is 1.28. The van der Waals surface area contributed by atoms with Crippen molar-refractivity contribution >= 4 is 55.4 Å². The Labute approximate surface area is 207 Å². The second kappa shape index (κ2) is 10.1. The van der Waals surface area contributed by atoms with Crippen LogP contribution >= 0.6 is 34.5 Å². The zero-order chi connectivity index (χ0) is 23.6. The van der Waals surface area contributed by atoms with E-state index in [-0.39, 0.29) is 16.1 Å². The standard InChI is InChI=1S/C21H24Cl2N6O2S2/c1-3-13-33(30,31)27-15-6-4-5-14(17(15)22)18-19(16-7-8-24-20(23)25-16)32-21(26-18)29-11-9-28(2)10-12-29/h4-8,27H,3,9-13H2,1-2H3. The van der Waals surface area contributed by atoms with Gasteiger partial charge in [0.15, 0.2) is 5.13 Å². The van der Waals surface area contributed by atoms with Gasteiger partial charge in [-0.1, -0.05) is 42.0 Å². The lowest BCUT2D eigenvalue weighted by molar-refractivity contribution is 0.313. The van der Waals surface area contributed by atoms with Crippen LogP contribution in [0.3, 0.4) is 0 Å². The summed E-state index contributed by atoms with van der Waals surface area (Å²) in [5.41, 5.74) is 2.21. The number of halogens is 2. The van der Waals surface area contributed by atoms with Gasteiger partial charge in [0, 0.05) is 37.9 Å². The normalized spacial score (nSPS) is 15.1. The van der Waals surface area contributed by atoms with Gasteiger partial charge in [-0.15, -0.1) is 0 Å². The van der Waals surface area contributed by atoms with E-state index < -0.39 is 10.0 Å². The summed E-state index contributed by atoms with van der Waals surface area (Å²) >= 11 is 14.3. The number of likely N-dealkylation sites (N-methyl/N-ethyl adjacent to an activating group) is 1. The van der Waals surface area contributed by atoms with Crippen LogP contribution in [-0.4, -0.2) is 67.2 Å². The Bertz CT molecular complexity index is 1240. The molecule has 1 aliphatic rings. The monoisotopic (exact) mass is 526 g/mol. The smallest absolute Gasteiger partial charge is 0.232 e. The molecule has 3 heterocycles. The molecule has 33 heavy (non-hydrogen) atoms. The van der Waals surface area contributed by atoms with Crippen molar-refractivity contribution in [2.45, 2.75) is 13.3 Å². The Morgan fingerprint density at radius 1 is 1.12 bits per heavy atom. The molecule has 1 aliphatic heterocycles. The Kier molecular flexibility index (Phi) is 7.40. The lowest BCUT2D eigenvalue weighted by atomic mass is 10.1. The first-order valence-corrected chi connectivity index (χ1v) is 13.7. The number of sulfonamides is 1. The quantitative estimate of drug-likeness (QED) is 0.453. The molecular formula is C21H24Cl2N6O2S2. The molecule has 0 atom stereocenters. The first kappa shape index (κ1) is 24.2. The Morgan fingerprint density at radius 3 is 2.58 bits per heavy atom. The van der Waals surface area contributed by atoms with E-state index in [1.807, 2.05) is 13.0 Å². The molecule has 0 aliphatic carbocycles. The van der Waals surface area contributed by atoms with Crippen LogP contribution < -0.4 is 9.62 Å². The fourth-order valence-corrected chi connectivity index (χ4v) is 6.25. The van der Waals surface area contributed by atoms with Gasteiger partial charge in [-0.3, -0.25) is 4.72 Å². The fourth-order valence-electron chi connectivity index (χ4n) is 3.54. The van der Waals surface area contributed by atoms with Gasteiger partial charge in [0.25, 0.3) is 0 Å². The first-order chi connectivity index (χ1) is 15.8. The highest BCUT2D eigenvalue weighted by Crippen LogP contribution is 2.44. The molecule has 0 saturated carbocycles. The maximum Gasteiger partial charge on any atom is 0.232 e. The summed E-state index contributed by atoms with van der Waals surface area (Å²) in [6.45, 7) is 5.42. The molecule has 3 aromatic rings. The van der Waals surface area contributed by atoms with Crippen molar-refractivity contribution in [1.29, 1.82) is 0 Å². The van der Waals surface area contributed by atoms with Crippen LogP contribution in [0.2, 0.25) is 10.3 Å².